The van der Waals surface area contributed by atoms with Crippen LogP contribution in [0.15, 0.2) is 30.3 Å². The molecule has 0 aliphatic carbocycles. The Hall–Kier alpha value is -1.23. The van der Waals surface area contributed by atoms with Gasteiger partial charge in [-0.3, -0.25) is 0 Å². The molecule has 1 aliphatic rings. The largest absolute Gasteiger partial charge is 0.103 e. The summed E-state index contributed by atoms with van der Waals surface area (Å²) in [5.74, 6) is 13.3. The van der Waals surface area contributed by atoms with Crippen molar-refractivity contribution in [3.63, 3.8) is 0 Å². The fourth-order valence-corrected chi connectivity index (χ4v) is 3.46. The SMILES string of the molecule is C1#CCP(c2ccccc2)CC#CCCCC1. The van der Waals surface area contributed by atoms with Crippen LogP contribution in [0.2, 0.25) is 0 Å². The van der Waals surface area contributed by atoms with Gasteiger partial charge in [0.25, 0.3) is 0 Å². The summed E-state index contributed by atoms with van der Waals surface area (Å²) in [5, 5.41) is 1.44. The third kappa shape index (κ3) is 4.26. The lowest BCUT2D eigenvalue weighted by molar-refractivity contribution is 0.782. The lowest BCUT2D eigenvalue weighted by atomic mass is 10.2. The zero-order valence-corrected chi connectivity index (χ0v) is 11.0. The smallest absolute Gasteiger partial charge is 0.0341 e. The van der Waals surface area contributed by atoms with Crippen LogP contribution in [0.5, 0.6) is 0 Å². The lowest BCUT2D eigenvalue weighted by Crippen LogP contribution is -2.04. The molecular formula is C16H17P. The van der Waals surface area contributed by atoms with Crippen molar-refractivity contribution in [2.75, 3.05) is 12.3 Å². The summed E-state index contributed by atoms with van der Waals surface area (Å²) in [4.78, 5) is 0. The molecule has 0 aromatic heterocycles. The molecule has 86 valence electrons. The van der Waals surface area contributed by atoms with Crippen LogP contribution in [-0.4, -0.2) is 12.3 Å². The topological polar surface area (TPSA) is 0 Å². The predicted octanol–water partition coefficient (Wildman–Crippen LogP) is 3.37. The molecule has 1 aromatic rings. The summed E-state index contributed by atoms with van der Waals surface area (Å²) in [6.07, 6.45) is 6.50. The van der Waals surface area contributed by atoms with Crippen LogP contribution in [0.1, 0.15) is 25.7 Å². The predicted molar refractivity (Wildman–Crippen MR) is 76.8 cm³/mol. The van der Waals surface area contributed by atoms with E-state index in [9.17, 15) is 0 Å². The van der Waals surface area contributed by atoms with Gasteiger partial charge in [-0.15, -0.1) is 11.8 Å². The molecule has 2 rings (SSSR count). The Balaban J connectivity index is 2.11. The normalized spacial score (nSPS) is 16.9. The molecule has 0 radical (unpaired) electrons. The molecular weight excluding hydrogens is 223 g/mol. The monoisotopic (exact) mass is 240 g/mol. The van der Waals surface area contributed by atoms with Crippen molar-refractivity contribution in [2.24, 2.45) is 0 Å². The summed E-state index contributed by atoms with van der Waals surface area (Å²) in [6.45, 7) is 0. The zero-order chi connectivity index (χ0) is 11.8. The van der Waals surface area contributed by atoms with Gasteiger partial charge >= 0.3 is 0 Å². The highest BCUT2D eigenvalue weighted by molar-refractivity contribution is 7.66. The Morgan fingerprint density at radius 3 is 1.94 bits per heavy atom. The van der Waals surface area contributed by atoms with E-state index in [0.29, 0.717) is 0 Å². The summed E-state index contributed by atoms with van der Waals surface area (Å²) in [6, 6.07) is 10.7. The zero-order valence-electron chi connectivity index (χ0n) is 10.1. The van der Waals surface area contributed by atoms with Gasteiger partial charge in [0, 0.05) is 25.2 Å². The third-order valence-corrected chi connectivity index (χ3v) is 4.87. The highest BCUT2D eigenvalue weighted by atomic mass is 31.1. The average Bonchev–Trinajstić information content (AvgIpc) is 2.45. The first-order chi connectivity index (χ1) is 8.47. The highest BCUT2D eigenvalue weighted by Gasteiger charge is 2.07. The maximum Gasteiger partial charge on any atom is 0.0341 e. The molecule has 0 saturated heterocycles. The molecule has 0 atom stereocenters. The minimum atomic E-state index is -0.198. The summed E-state index contributed by atoms with van der Waals surface area (Å²) < 4.78 is 0. The van der Waals surface area contributed by atoms with Crippen molar-refractivity contribution in [3.05, 3.63) is 30.3 Å². The van der Waals surface area contributed by atoms with Crippen LogP contribution in [0.3, 0.4) is 0 Å². The lowest BCUT2D eigenvalue weighted by Gasteiger charge is -2.11. The number of hydrogen-bond donors (Lipinski definition) is 0. The molecule has 0 amide bonds. The van der Waals surface area contributed by atoms with Crippen molar-refractivity contribution < 1.29 is 0 Å². The van der Waals surface area contributed by atoms with Gasteiger partial charge in [-0.2, -0.15) is 0 Å². The molecule has 1 aromatic carbocycles. The number of benzene rings is 1. The standard InChI is InChI=1S/C16H17P/c1-2-4-6-11-15-17(14-10-5-3-1)16-12-8-7-9-13-16/h7-9,12-13H,1-4,14-15H2. The van der Waals surface area contributed by atoms with Gasteiger partial charge < -0.3 is 0 Å². The molecule has 1 heterocycles. The summed E-state index contributed by atoms with van der Waals surface area (Å²) in [7, 11) is -0.198. The fourth-order valence-electron chi connectivity index (χ4n) is 1.78. The number of rotatable bonds is 1. The second-order valence-corrected chi connectivity index (χ2v) is 6.33. The molecule has 1 aliphatic heterocycles. The van der Waals surface area contributed by atoms with Crippen molar-refractivity contribution in [2.45, 2.75) is 25.7 Å². The Morgan fingerprint density at radius 2 is 1.35 bits per heavy atom. The summed E-state index contributed by atoms with van der Waals surface area (Å²) >= 11 is 0. The molecule has 1 heteroatoms. The van der Waals surface area contributed by atoms with Crippen molar-refractivity contribution >= 4 is 13.2 Å². The highest BCUT2D eigenvalue weighted by Crippen LogP contribution is 2.32. The first kappa shape index (κ1) is 12.2. The van der Waals surface area contributed by atoms with E-state index in [2.05, 4.69) is 54.0 Å². The molecule has 0 fully saturated rings. The van der Waals surface area contributed by atoms with Gasteiger partial charge in [-0.05, 0) is 18.1 Å². The molecule has 0 nitrogen and oxygen atoms in total. The van der Waals surface area contributed by atoms with Crippen molar-refractivity contribution in [3.8, 4) is 23.7 Å². The van der Waals surface area contributed by atoms with Crippen LogP contribution < -0.4 is 5.30 Å². The molecule has 0 N–H and O–H groups in total. The molecule has 0 saturated carbocycles. The van der Waals surface area contributed by atoms with Gasteiger partial charge in [-0.25, -0.2) is 0 Å². The van der Waals surface area contributed by atoms with Gasteiger partial charge in [0.15, 0.2) is 0 Å². The number of hydrogen-bond acceptors (Lipinski definition) is 0. The second-order valence-electron chi connectivity index (χ2n) is 4.11. The van der Waals surface area contributed by atoms with E-state index in [1.807, 2.05) is 0 Å². The Bertz CT molecular complexity index is 427. The van der Waals surface area contributed by atoms with Crippen LogP contribution in [-0.2, 0) is 0 Å². The maximum atomic E-state index is 3.34. The molecule has 17 heavy (non-hydrogen) atoms. The fraction of sp³-hybridized carbons (Fsp3) is 0.375. The van der Waals surface area contributed by atoms with Crippen molar-refractivity contribution in [1.82, 2.24) is 0 Å². The quantitative estimate of drug-likeness (QED) is 0.521. The van der Waals surface area contributed by atoms with Gasteiger partial charge in [0.2, 0.25) is 0 Å². The first-order valence-corrected chi connectivity index (χ1v) is 7.89. The Morgan fingerprint density at radius 1 is 0.765 bits per heavy atom. The van der Waals surface area contributed by atoms with E-state index in [0.717, 1.165) is 25.2 Å². The molecule has 0 spiro atoms. The van der Waals surface area contributed by atoms with Crippen molar-refractivity contribution in [1.29, 1.82) is 0 Å². The maximum absolute atomic E-state index is 3.34. The van der Waals surface area contributed by atoms with E-state index in [1.54, 1.807) is 0 Å². The van der Waals surface area contributed by atoms with E-state index in [4.69, 9.17) is 0 Å². The first-order valence-electron chi connectivity index (χ1n) is 6.18. The summed E-state index contributed by atoms with van der Waals surface area (Å²) in [5.41, 5.74) is 0. The average molecular weight is 240 g/mol. The van der Waals surface area contributed by atoms with Crippen LogP contribution in [0, 0.1) is 23.7 Å². The van der Waals surface area contributed by atoms with Crippen LogP contribution >= 0.6 is 7.92 Å². The minimum Gasteiger partial charge on any atom is -0.103 e. The van der Waals surface area contributed by atoms with Crippen LogP contribution in [0.4, 0.5) is 0 Å². The minimum absolute atomic E-state index is 0.198. The third-order valence-electron chi connectivity index (χ3n) is 2.76. The van der Waals surface area contributed by atoms with Gasteiger partial charge in [0.1, 0.15) is 0 Å². The Labute approximate surface area is 106 Å². The van der Waals surface area contributed by atoms with E-state index < -0.39 is 0 Å². The second kappa shape index (κ2) is 7.17. The van der Waals surface area contributed by atoms with E-state index in [-0.39, 0.29) is 7.92 Å². The Kier molecular flexibility index (Phi) is 5.16. The van der Waals surface area contributed by atoms with Crippen LogP contribution in [0.25, 0.3) is 0 Å². The van der Waals surface area contributed by atoms with Gasteiger partial charge in [-0.1, -0.05) is 50.1 Å². The van der Waals surface area contributed by atoms with Gasteiger partial charge in [0.05, 0.1) is 0 Å². The molecule has 0 unspecified atom stereocenters. The van der Waals surface area contributed by atoms with E-state index >= 15 is 0 Å². The van der Waals surface area contributed by atoms with E-state index in [1.165, 1.54) is 18.1 Å². The molecule has 0 bridgehead atoms.